The number of hydrogen-bond donors (Lipinski definition) is 0. The summed E-state index contributed by atoms with van der Waals surface area (Å²) in [6.45, 7) is 0.589. The van der Waals surface area contributed by atoms with Gasteiger partial charge in [-0.3, -0.25) is 4.79 Å². The number of hydrogen-bond acceptors (Lipinski definition) is 3. The molecule has 4 nitrogen and oxygen atoms in total. The molecule has 3 aromatic rings. The first-order valence-electron chi connectivity index (χ1n) is 9.49. The molecule has 0 spiro atoms. The van der Waals surface area contributed by atoms with Crippen LogP contribution in [0, 0.1) is 0 Å². The molecule has 30 heavy (non-hydrogen) atoms. The lowest BCUT2D eigenvalue weighted by Gasteiger charge is -2.17. The second kappa shape index (κ2) is 8.42. The maximum absolute atomic E-state index is 12.9. The van der Waals surface area contributed by atoms with Crippen molar-refractivity contribution >= 4 is 38.9 Å². The van der Waals surface area contributed by atoms with Crippen LogP contribution in [0.1, 0.15) is 16.8 Å². The van der Waals surface area contributed by atoms with E-state index >= 15 is 0 Å². The highest BCUT2D eigenvalue weighted by Crippen LogP contribution is 2.27. The van der Waals surface area contributed by atoms with Gasteiger partial charge >= 0.3 is 0 Å². The molecule has 154 valence electrons. The Balaban J connectivity index is 1.48. The van der Waals surface area contributed by atoms with Crippen molar-refractivity contribution in [2.45, 2.75) is 16.6 Å². The molecule has 0 aromatic heterocycles. The van der Waals surface area contributed by atoms with Crippen molar-refractivity contribution < 1.29 is 13.2 Å². The molecule has 1 aliphatic rings. The third-order valence-electron chi connectivity index (χ3n) is 5.30. The van der Waals surface area contributed by atoms with Gasteiger partial charge in [-0.15, -0.1) is 0 Å². The number of benzene rings is 3. The smallest absolute Gasteiger partial charge is 0.253 e. The molecule has 1 heterocycles. The summed E-state index contributed by atoms with van der Waals surface area (Å²) in [5, 5.41) is 0.518. The van der Waals surface area contributed by atoms with E-state index in [1.807, 2.05) is 36.4 Å². The molecule has 0 N–H and O–H groups in total. The van der Waals surface area contributed by atoms with Crippen molar-refractivity contribution in [1.82, 2.24) is 4.90 Å². The SMILES string of the molecule is O=C(c1ccc(-c2cccc(Cl)c2)cc1)N1CCC(S(=O)(=O)c2ccc(Cl)cc2)C1. The highest BCUT2D eigenvalue weighted by Gasteiger charge is 2.36. The monoisotopic (exact) mass is 459 g/mol. The minimum Gasteiger partial charge on any atom is -0.337 e. The molecule has 1 aliphatic heterocycles. The van der Waals surface area contributed by atoms with E-state index in [-0.39, 0.29) is 17.3 Å². The lowest BCUT2D eigenvalue weighted by atomic mass is 10.0. The van der Waals surface area contributed by atoms with Crippen molar-refractivity contribution in [3.8, 4) is 11.1 Å². The maximum atomic E-state index is 12.9. The minimum absolute atomic E-state index is 0.165. The first-order valence-corrected chi connectivity index (χ1v) is 11.8. The van der Waals surface area contributed by atoms with Gasteiger partial charge in [0.25, 0.3) is 5.91 Å². The summed E-state index contributed by atoms with van der Waals surface area (Å²) in [4.78, 5) is 14.7. The number of rotatable bonds is 4. The summed E-state index contributed by atoms with van der Waals surface area (Å²) in [6, 6.07) is 20.9. The number of amides is 1. The van der Waals surface area contributed by atoms with Crippen LogP contribution in [0.5, 0.6) is 0 Å². The quantitative estimate of drug-likeness (QED) is 0.528. The Hall–Kier alpha value is -2.34. The molecular weight excluding hydrogens is 441 g/mol. The van der Waals surface area contributed by atoms with E-state index in [0.717, 1.165) is 11.1 Å². The van der Waals surface area contributed by atoms with Crippen LogP contribution in [-0.2, 0) is 9.84 Å². The molecule has 7 heteroatoms. The number of carbonyl (C=O) groups excluding carboxylic acids is 1. The number of carbonyl (C=O) groups is 1. The number of nitrogens with zero attached hydrogens (tertiary/aromatic N) is 1. The summed E-state index contributed by atoms with van der Waals surface area (Å²) < 4.78 is 25.8. The Morgan fingerprint density at radius 2 is 1.57 bits per heavy atom. The molecule has 4 rings (SSSR count). The highest BCUT2D eigenvalue weighted by molar-refractivity contribution is 7.92. The fourth-order valence-corrected chi connectivity index (χ4v) is 5.65. The van der Waals surface area contributed by atoms with Crippen molar-refractivity contribution in [3.63, 3.8) is 0 Å². The topological polar surface area (TPSA) is 54.5 Å². The molecule has 1 saturated heterocycles. The van der Waals surface area contributed by atoms with E-state index in [4.69, 9.17) is 23.2 Å². The van der Waals surface area contributed by atoms with Crippen molar-refractivity contribution in [2.24, 2.45) is 0 Å². The predicted octanol–water partition coefficient (Wildman–Crippen LogP) is 5.35. The van der Waals surface area contributed by atoms with E-state index in [2.05, 4.69) is 0 Å². The average molecular weight is 460 g/mol. The minimum atomic E-state index is -3.52. The van der Waals surface area contributed by atoms with Gasteiger partial charge < -0.3 is 4.90 Å². The van der Waals surface area contributed by atoms with Crippen LogP contribution in [-0.4, -0.2) is 37.6 Å². The Labute approximate surface area is 186 Å². The molecule has 0 radical (unpaired) electrons. The summed E-state index contributed by atoms with van der Waals surface area (Å²) in [5.74, 6) is -0.165. The van der Waals surface area contributed by atoms with Gasteiger partial charge in [-0.25, -0.2) is 8.42 Å². The molecule has 3 aromatic carbocycles. The van der Waals surface area contributed by atoms with Gasteiger partial charge in [-0.2, -0.15) is 0 Å². The van der Waals surface area contributed by atoms with Gasteiger partial charge in [-0.05, 0) is 66.1 Å². The van der Waals surface area contributed by atoms with E-state index < -0.39 is 15.1 Å². The molecule has 1 amide bonds. The second-order valence-corrected chi connectivity index (χ2v) is 10.3. The Morgan fingerprint density at radius 1 is 0.867 bits per heavy atom. The molecule has 0 aliphatic carbocycles. The first kappa shape index (κ1) is 20.9. The standard InChI is InChI=1S/C23H19Cl2NO3S/c24-19-8-10-21(11-9-19)30(28,29)22-12-13-26(15-22)23(27)17-6-4-16(5-7-17)18-2-1-3-20(25)14-18/h1-11,14,22H,12-13,15H2. The van der Waals surface area contributed by atoms with Crippen molar-refractivity contribution in [2.75, 3.05) is 13.1 Å². The Bertz CT molecular complexity index is 1180. The average Bonchev–Trinajstić information content (AvgIpc) is 3.25. The van der Waals surface area contributed by atoms with E-state index in [1.54, 1.807) is 29.2 Å². The van der Waals surface area contributed by atoms with Crippen LogP contribution in [0.25, 0.3) is 11.1 Å². The Kier molecular flexibility index (Phi) is 5.87. The van der Waals surface area contributed by atoms with Crippen LogP contribution in [0.2, 0.25) is 10.0 Å². The number of sulfone groups is 1. The van der Waals surface area contributed by atoms with Crippen LogP contribution < -0.4 is 0 Å². The van der Waals surface area contributed by atoms with Gasteiger partial charge in [0.2, 0.25) is 0 Å². The summed E-state index contributed by atoms with van der Waals surface area (Å²) in [5.41, 5.74) is 2.46. The number of likely N-dealkylation sites (tertiary alicyclic amines) is 1. The van der Waals surface area contributed by atoms with Gasteiger partial charge in [0, 0.05) is 28.7 Å². The predicted molar refractivity (Wildman–Crippen MR) is 120 cm³/mol. The number of halogens is 2. The van der Waals surface area contributed by atoms with E-state index in [9.17, 15) is 13.2 Å². The molecule has 1 unspecified atom stereocenters. The van der Waals surface area contributed by atoms with Crippen LogP contribution in [0.15, 0.2) is 77.7 Å². The van der Waals surface area contributed by atoms with E-state index in [1.165, 1.54) is 12.1 Å². The zero-order valence-corrected chi connectivity index (χ0v) is 18.3. The fourth-order valence-electron chi connectivity index (χ4n) is 3.64. The highest BCUT2D eigenvalue weighted by atomic mass is 35.5. The normalized spacial score (nSPS) is 16.6. The van der Waals surface area contributed by atoms with Crippen molar-refractivity contribution in [3.05, 3.63) is 88.4 Å². The van der Waals surface area contributed by atoms with Crippen molar-refractivity contribution in [1.29, 1.82) is 0 Å². The third-order valence-corrected chi connectivity index (χ3v) is 7.98. The van der Waals surface area contributed by atoms with Crippen LogP contribution in [0.4, 0.5) is 0 Å². The van der Waals surface area contributed by atoms with Gasteiger partial charge in [0.15, 0.2) is 9.84 Å². The molecule has 1 fully saturated rings. The third kappa shape index (κ3) is 4.24. The molecule has 0 bridgehead atoms. The molecular formula is C23H19Cl2NO3S. The summed E-state index contributed by atoms with van der Waals surface area (Å²) >= 11 is 11.9. The lowest BCUT2D eigenvalue weighted by Crippen LogP contribution is -2.31. The van der Waals surface area contributed by atoms with Crippen LogP contribution >= 0.6 is 23.2 Å². The zero-order valence-electron chi connectivity index (χ0n) is 16.0. The molecule has 0 saturated carbocycles. The second-order valence-electron chi connectivity index (χ2n) is 7.25. The van der Waals surface area contributed by atoms with Gasteiger partial charge in [-0.1, -0.05) is 47.5 Å². The van der Waals surface area contributed by atoms with Crippen LogP contribution in [0.3, 0.4) is 0 Å². The Morgan fingerprint density at radius 3 is 2.23 bits per heavy atom. The van der Waals surface area contributed by atoms with Gasteiger partial charge in [0.1, 0.15) is 0 Å². The first-order chi connectivity index (χ1) is 14.3. The lowest BCUT2D eigenvalue weighted by molar-refractivity contribution is 0.0793. The summed E-state index contributed by atoms with van der Waals surface area (Å²) in [6.07, 6.45) is 0.414. The molecule has 1 atom stereocenters. The zero-order chi connectivity index (χ0) is 21.3. The van der Waals surface area contributed by atoms with E-state index in [0.29, 0.717) is 28.6 Å². The maximum Gasteiger partial charge on any atom is 0.253 e. The summed E-state index contributed by atoms with van der Waals surface area (Å²) in [7, 11) is -3.52. The largest absolute Gasteiger partial charge is 0.337 e. The fraction of sp³-hybridized carbons (Fsp3) is 0.174. The van der Waals surface area contributed by atoms with Gasteiger partial charge in [0.05, 0.1) is 10.1 Å².